The predicted molar refractivity (Wildman–Crippen MR) is 97.4 cm³/mol. The molecule has 0 radical (unpaired) electrons. The molecule has 0 saturated carbocycles. The maximum Gasteiger partial charge on any atom is 0.336 e. The van der Waals surface area contributed by atoms with Crippen molar-refractivity contribution in [1.29, 1.82) is 0 Å². The van der Waals surface area contributed by atoms with Gasteiger partial charge in [-0.2, -0.15) is 0 Å². The van der Waals surface area contributed by atoms with E-state index in [1.54, 1.807) is 12.3 Å². The molecule has 0 amide bonds. The van der Waals surface area contributed by atoms with Crippen LogP contribution < -0.4 is 10.4 Å². The number of rotatable bonds is 7. The van der Waals surface area contributed by atoms with Gasteiger partial charge < -0.3 is 18.5 Å². The number of fused-ring (bicyclic) bond motifs is 2. The smallest absolute Gasteiger partial charge is 0.336 e. The zero-order valence-corrected chi connectivity index (χ0v) is 14.7. The van der Waals surface area contributed by atoms with Crippen LogP contribution in [-0.2, 0) is 0 Å². The van der Waals surface area contributed by atoms with E-state index >= 15 is 0 Å². The van der Waals surface area contributed by atoms with Gasteiger partial charge in [0, 0.05) is 23.4 Å². The molecule has 24 heavy (non-hydrogen) atoms. The second-order valence-corrected chi connectivity index (χ2v) is 5.45. The molecule has 0 bridgehead atoms. The van der Waals surface area contributed by atoms with Crippen LogP contribution in [0.1, 0.15) is 20.3 Å². The largest absolute Gasteiger partial charge is 0.486 e. The van der Waals surface area contributed by atoms with Crippen LogP contribution in [0.4, 0.5) is 0 Å². The van der Waals surface area contributed by atoms with Gasteiger partial charge in [0.15, 0.2) is 11.2 Å². The third-order valence-corrected chi connectivity index (χ3v) is 4.04. The van der Waals surface area contributed by atoms with Gasteiger partial charge in [0.2, 0.25) is 5.75 Å². The monoisotopic (exact) mass is 351 g/mol. The van der Waals surface area contributed by atoms with Gasteiger partial charge >= 0.3 is 5.63 Å². The third kappa shape index (κ3) is 3.74. The quantitative estimate of drug-likeness (QED) is 0.474. The highest BCUT2D eigenvalue weighted by Gasteiger charge is 2.14. The first-order valence-corrected chi connectivity index (χ1v) is 8.02. The van der Waals surface area contributed by atoms with Crippen LogP contribution in [0.2, 0.25) is 0 Å². The van der Waals surface area contributed by atoms with Gasteiger partial charge in [-0.3, -0.25) is 0 Å². The summed E-state index contributed by atoms with van der Waals surface area (Å²) in [7, 11) is 0. The molecule has 5 nitrogen and oxygen atoms in total. The van der Waals surface area contributed by atoms with Crippen molar-refractivity contribution in [2.75, 3.05) is 26.2 Å². The average Bonchev–Trinajstić information content (AvgIpc) is 3.02. The summed E-state index contributed by atoms with van der Waals surface area (Å²) < 4.78 is 16.8. The molecule has 2 heterocycles. The fourth-order valence-electron chi connectivity index (χ4n) is 2.74. The normalized spacial score (nSPS) is 11.1. The van der Waals surface area contributed by atoms with Crippen molar-refractivity contribution in [3.63, 3.8) is 0 Å². The number of halogens is 1. The highest BCUT2D eigenvalue weighted by atomic mass is 35.5. The molecular weight excluding hydrogens is 330 g/mol. The van der Waals surface area contributed by atoms with Crippen molar-refractivity contribution in [3.8, 4) is 5.75 Å². The first-order chi connectivity index (χ1) is 11.2. The SMILES string of the molecule is CCN(CC)CCCOc1c2occc2cc2ccc(=O)oc12.Cl. The van der Waals surface area contributed by atoms with E-state index in [2.05, 4.69) is 18.7 Å². The second kappa shape index (κ2) is 8.22. The van der Waals surface area contributed by atoms with Crippen LogP contribution in [0.25, 0.3) is 21.9 Å². The van der Waals surface area contributed by atoms with E-state index in [0.29, 0.717) is 23.5 Å². The van der Waals surface area contributed by atoms with Crippen LogP contribution >= 0.6 is 12.4 Å². The molecule has 0 atom stereocenters. The zero-order valence-electron chi connectivity index (χ0n) is 13.9. The molecular formula is C18H22ClNO4. The Morgan fingerprint density at radius 3 is 2.58 bits per heavy atom. The highest BCUT2D eigenvalue weighted by molar-refractivity contribution is 5.99. The van der Waals surface area contributed by atoms with Crippen LogP contribution in [0, 0.1) is 0 Å². The lowest BCUT2D eigenvalue weighted by Crippen LogP contribution is -2.25. The van der Waals surface area contributed by atoms with E-state index in [0.717, 1.165) is 36.8 Å². The van der Waals surface area contributed by atoms with E-state index in [1.165, 1.54) is 6.07 Å². The minimum atomic E-state index is -0.392. The molecule has 3 aromatic rings. The Bertz CT molecular complexity index is 851. The fourth-order valence-corrected chi connectivity index (χ4v) is 2.74. The Labute approximate surface area is 146 Å². The van der Waals surface area contributed by atoms with Crippen molar-refractivity contribution in [1.82, 2.24) is 4.90 Å². The summed E-state index contributed by atoms with van der Waals surface area (Å²) in [6, 6.07) is 6.97. The Morgan fingerprint density at radius 1 is 1.08 bits per heavy atom. The topological polar surface area (TPSA) is 55.8 Å². The van der Waals surface area contributed by atoms with Crippen molar-refractivity contribution >= 4 is 34.3 Å². The van der Waals surface area contributed by atoms with Crippen molar-refractivity contribution in [2.24, 2.45) is 0 Å². The first-order valence-electron chi connectivity index (χ1n) is 8.02. The molecule has 0 fully saturated rings. The Hall–Kier alpha value is -1.98. The van der Waals surface area contributed by atoms with Crippen molar-refractivity contribution in [2.45, 2.75) is 20.3 Å². The summed E-state index contributed by atoms with van der Waals surface area (Å²) in [5.74, 6) is 0.514. The zero-order chi connectivity index (χ0) is 16.2. The molecule has 0 spiro atoms. The molecule has 0 unspecified atom stereocenters. The predicted octanol–water partition coefficient (Wildman–Crippen LogP) is 4.07. The Balaban J connectivity index is 0.00000208. The average molecular weight is 352 g/mol. The number of ether oxygens (including phenoxy) is 1. The lowest BCUT2D eigenvalue weighted by Gasteiger charge is -2.17. The lowest BCUT2D eigenvalue weighted by atomic mass is 10.1. The van der Waals surface area contributed by atoms with Crippen LogP contribution in [0.5, 0.6) is 5.75 Å². The summed E-state index contributed by atoms with van der Waals surface area (Å²) in [6.07, 6.45) is 2.52. The van der Waals surface area contributed by atoms with Crippen LogP contribution in [0.15, 0.2) is 44.2 Å². The number of benzene rings is 1. The summed E-state index contributed by atoms with van der Waals surface area (Å²) >= 11 is 0. The van der Waals surface area contributed by atoms with E-state index in [1.807, 2.05) is 12.1 Å². The second-order valence-electron chi connectivity index (χ2n) is 5.45. The molecule has 0 aliphatic heterocycles. The lowest BCUT2D eigenvalue weighted by molar-refractivity contribution is 0.249. The molecule has 0 aliphatic rings. The minimum Gasteiger partial charge on any atom is -0.486 e. The summed E-state index contributed by atoms with van der Waals surface area (Å²) in [5, 5.41) is 1.77. The molecule has 130 valence electrons. The van der Waals surface area contributed by atoms with Crippen molar-refractivity contribution < 1.29 is 13.6 Å². The third-order valence-electron chi connectivity index (χ3n) is 4.04. The molecule has 0 saturated heterocycles. The molecule has 0 N–H and O–H groups in total. The number of nitrogens with zero attached hydrogens (tertiary/aromatic N) is 1. The maximum atomic E-state index is 11.5. The summed E-state index contributed by atoms with van der Waals surface area (Å²) in [5.41, 5.74) is 0.675. The van der Waals surface area contributed by atoms with Crippen LogP contribution in [-0.4, -0.2) is 31.1 Å². The molecule has 6 heteroatoms. The standard InChI is InChI=1S/C18H21NO4.ClH/c1-3-19(4-2)9-5-10-21-18-16-14(8-11-22-16)12-13-6-7-15(20)23-17(13)18;/h6-8,11-12H,3-5,9-10H2,1-2H3;1H. The minimum absolute atomic E-state index is 0. The van der Waals surface area contributed by atoms with Gasteiger partial charge in [-0.05, 0) is 37.7 Å². The number of hydrogen-bond donors (Lipinski definition) is 0. The maximum absolute atomic E-state index is 11.5. The Kier molecular flexibility index (Phi) is 6.29. The van der Waals surface area contributed by atoms with Gasteiger partial charge in [0.25, 0.3) is 0 Å². The summed E-state index contributed by atoms with van der Waals surface area (Å²) in [4.78, 5) is 13.9. The van der Waals surface area contributed by atoms with Gasteiger partial charge in [0.1, 0.15) is 0 Å². The van der Waals surface area contributed by atoms with E-state index in [9.17, 15) is 4.79 Å². The van der Waals surface area contributed by atoms with E-state index in [-0.39, 0.29) is 12.4 Å². The van der Waals surface area contributed by atoms with Gasteiger partial charge in [-0.1, -0.05) is 13.8 Å². The molecule has 1 aromatic carbocycles. The van der Waals surface area contributed by atoms with Crippen molar-refractivity contribution in [3.05, 3.63) is 40.9 Å². The molecule has 0 aliphatic carbocycles. The highest BCUT2D eigenvalue weighted by Crippen LogP contribution is 2.34. The molecule has 2 aromatic heterocycles. The number of furan rings is 1. The van der Waals surface area contributed by atoms with Gasteiger partial charge in [-0.15, -0.1) is 12.4 Å². The van der Waals surface area contributed by atoms with Gasteiger partial charge in [0.05, 0.1) is 12.9 Å². The number of hydrogen-bond acceptors (Lipinski definition) is 5. The fraction of sp³-hybridized carbons (Fsp3) is 0.389. The van der Waals surface area contributed by atoms with E-state index < -0.39 is 5.63 Å². The molecule has 3 rings (SSSR count). The van der Waals surface area contributed by atoms with Crippen LogP contribution in [0.3, 0.4) is 0 Å². The first kappa shape index (κ1) is 18.4. The van der Waals surface area contributed by atoms with Gasteiger partial charge in [-0.25, -0.2) is 4.79 Å². The van der Waals surface area contributed by atoms with E-state index in [4.69, 9.17) is 13.6 Å². The Morgan fingerprint density at radius 2 is 1.83 bits per heavy atom. The summed E-state index contributed by atoms with van der Waals surface area (Å²) in [6.45, 7) is 7.88.